The van der Waals surface area contributed by atoms with E-state index in [4.69, 9.17) is 0 Å². The van der Waals surface area contributed by atoms with E-state index in [2.05, 4.69) is 10.3 Å². The van der Waals surface area contributed by atoms with E-state index in [1.165, 1.54) is 12.1 Å². The summed E-state index contributed by atoms with van der Waals surface area (Å²) in [6.45, 7) is 0. The maximum atomic E-state index is 12.1. The van der Waals surface area contributed by atoms with Crippen LogP contribution in [0.2, 0.25) is 0 Å². The number of hydrogen-bond donors (Lipinski definition) is 3. The Balaban J connectivity index is 1.87. The molecule has 0 radical (unpaired) electrons. The number of fused-ring (bicyclic) bond motifs is 1. The van der Waals surface area contributed by atoms with Crippen LogP contribution in [-0.2, 0) is 0 Å². The second-order valence-electron chi connectivity index (χ2n) is 4.65. The first-order valence-electron chi connectivity index (χ1n) is 6.34. The summed E-state index contributed by atoms with van der Waals surface area (Å²) in [5.41, 5.74) is 2.34. The first kappa shape index (κ1) is 12.9. The molecule has 5 heteroatoms. The molecule has 3 aromatic rings. The van der Waals surface area contributed by atoms with E-state index in [0.29, 0.717) is 16.9 Å². The predicted molar refractivity (Wildman–Crippen MR) is 79.7 cm³/mol. The third-order valence-electron chi connectivity index (χ3n) is 3.15. The minimum absolute atomic E-state index is 0.139. The van der Waals surface area contributed by atoms with Crippen molar-refractivity contribution in [1.82, 2.24) is 4.98 Å². The number of carbonyl (C=O) groups excluding carboxylic acids is 2. The maximum Gasteiger partial charge on any atom is 0.272 e. The van der Waals surface area contributed by atoms with Crippen molar-refractivity contribution in [2.24, 2.45) is 0 Å². The number of aromatic hydroxyl groups is 1. The van der Waals surface area contributed by atoms with E-state index < -0.39 is 0 Å². The van der Waals surface area contributed by atoms with Gasteiger partial charge in [0.05, 0.1) is 0 Å². The molecule has 0 spiro atoms. The van der Waals surface area contributed by atoms with Gasteiger partial charge < -0.3 is 15.4 Å². The fraction of sp³-hybridized carbons (Fsp3) is 0. The predicted octanol–water partition coefficient (Wildman–Crippen LogP) is 2.94. The van der Waals surface area contributed by atoms with Crippen molar-refractivity contribution < 1.29 is 14.7 Å². The molecule has 0 bridgehead atoms. The van der Waals surface area contributed by atoms with Crippen LogP contribution in [0, 0.1) is 0 Å². The van der Waals surface area contributed by atoms with Crippen LogP contribution in [0.25, 0.3) is 10.9 Å². The van der Waals surface area contributed by atoms with Crippen molar-refractivity contribution in [3.05, 3.63) is 59.8 Å². The van der Waals surface area contributed by atoms with Gasteiger partial charge in [0.25, 0.3) is 5.91 Å². The van der Waals surface area contributed by atoms with Gasteiger partial charge >= 0.3 is 0 Å². The van der Waals surface area contributed by atoms with Crippen LogP contribution < -0.4 is 5.32 Å². The van der Waals surface area contributed by atoms with Gasteiger partial charge in [0.1, 0.15) is 17.7 Å². The average molecular weight is 280 g/mol. The molecule has 1 amide bonds. The Bertz CT molecular complexity index is 819. The molecule has 2 aromatic carbocycles. The highest BCUT2D eigenvalue weighted by atomic mass is 16.3. The smallest absolute Gasteiger partial charge is 0.272 e. The number of phenols is 1. The summed E-state index contributed by atoms with van der Waals surface area (Å²) in [5, 5.41) is 12.7. The molecule has 104 valence electrons. The van der Waals surface area contributed by atoms with Crippen LogP contribution in [0.4, 0.5) is 5.69 Å². The number of phenolic OH excluding ortho intramolecular Hbond substituents is 1. The number of carbonyl (C=O) groups is 2. The quantitative estimate of drug-likeness (QED) is 0.509. The second kappa shape index (κ2) is 5.13. The third-order valence-corrected chi connectivity index (χ3v) is 3.15. The van der Waals surface area contributed by atoms with Crippen molar-refractivity contribution >= 4 is 28.8 Å². The topological polar surface area (TPSA) is 82.2 Å². The van der Waals surface area contributed by atoms with E-state index in [-0.39, 0.29) is 11.7 Å². The highest BCUT2D eigenvalue weighted by Gasteiger charge is 2.10. The largest absolute Gasteiger partial charge is 0.508 e. The number of benzene rings is 2. The molecular weight excluding hydrogens is 268 g/mol. The zero-order chi connectivity index (χ0) is 14.8. The van der Waals surface area contributed by atoms with Gasteiger partial charge in [-0.05, 0) is 48.5 Å². The molecule has 1 heterocycles. The van der Waals surface area contributed by atoms with E-state index in [9.17, 15) is 14.7 Å². The number of nitrogens with one attached hydrogen (secondary N) is 2. The first-order valence-corrected chi connectivity index (χ1v) is 6.34. The van der Waals surface area contributed by atoms with E-state index >= 15 is 0 Å². The lowest BCUT2D eigenvalue weighted by Gasteiger charge is -2.03. The SMILES string of the molecule is O=Cc1ccc2[nH]c(C(=O)Nc3ccc(O)cc3)cc2c1. The van der Waals surface area contributed by atoms with Gasteiger partial charge in [-0.2, -0.15) is 0 Å². The Labute approximate surface area is 120 Å². The van der Waals surface area contributed by atoms with Gasteiger partial charge in [0.2, 0.25) is 0 Å². The maximum absolute atomic E-state index is 12.1. The summed E-state index contributed by atoms with van der Waals surface area (Å²) in [6.07, 6.45) is 0.766. The van der Waals surface area contributed by atoms with E-state index in [1.54, 1.807) is 36.4 Å². The van der Waals surface area contributed by atoms with Gasteiger partial charge in [-0.3, -0.25) is 9.59 Å². The van der Waals surface area contributed by atoms with Crippen molar-refractivity contribution in [1.29, 1.82) is 0 Å². The Morgan fingerprint density at radius 1 is 1.10 bits per heavy atom. The van der Waals surface area contributed by atoms with Crippen LogP contribution in [0.15, 0.2) is 48.5 Å². The molecule has 0 aliphatic heterocycles. The third kappa shape index (κ3) is 2.62. The van der Waals surface area contributed by atoms with Crippen LogP contribution in [0.5, 0.6) is 5.75 Å². The Morgan fingerprint density at radius 3 is 2.57 bits per heavy atom. The Morgan fingerprint density at radius 2 is 1.86 bits per heavy atom. The zero-order valence-electron chi connectivity index (χ0n) is 11.0. The molecule has 21 heavy (non-hydrogen) atoms. The lowest BCUT2D eigenvalue weighted by atomic mass is 10.2. The second-order valence-corrected chi connectivity index (χ2v) is 4.65. The highest BCUT2D eigenvalue weighted by Crippen LogP contribution is 2.19. The minimum atomic E-state index is -0.287. The molecule has 0 saturated heterocycles. The van der Waals surface area contributed by atoms with Gasteiger partial charge in [-0.15, -0.1) is 0 Å². The molecule has 3 rings (SSSR count). The van der Waals surface area contributed by atoms with Crippen LogP contribution >= 0.6 is 0 Å². The fourth-order valence-electron chi connectivity index (χ4n) is 2.09. The molecule has 0 aliphatic carbocycles. The molecule has 0 fully saturated rings. The first-order chi connectivity index (χ1) is 10.2. The molecular formula is C16H12N2O3. The summed E-state index contributed by atoms with van der Waals surface area (Å²) < 4.78 is 0. The number of aromatic amines is 1. The number of aldehydes is 1. The number of aromatic nitrogens is 1. The van der Waals surface area contributed by atoms with Crippen molar-refractivity contribution in [3.63, 3.8) is 0 Å². The summed E-state index contributed by atoms with van der Waals surface area (Å²) in [7, 11) is 0. The number of hydrogen-bond acceptors (Lipinski definition) is 3. The molecule has 1 aromatic heterocycles. The Kier molecular flexibility index (Phi) is 3.16. The summed E-state index contributed by atoms with van der Waals surface area (Å²) in [5.74, 6) is -0.149. The van der Waals surface area contributed by atoms with E-state index in [0.717, 1.165) is 17.2 Å². The van der Waals surface area contributed by atoms with Gasteiger partial charge in [-0.1, -0.05) is 0 Å². The lowest BCUT2D eigenvalue weighted by Crippen LogP contribution is -2.11. The highest BCUT2D eigenvalue weighted by molar-refractivity contribution is 6.06. The van der Waals surface area contributed by atoms with Crippen LogP contribution in [0.3, 0.4) is 0 Å². The van der Waals surface area contributed by atoms with E-state index in [1.807, 2.05) is 0 Å². The number of amides is 1. The molecule has 0 saturated carbocycles. The van der Waals surface area contributed by atoms with Crippen molar-refractivity contribution in [3.8, 4) is 5.75 Å². The summed E-state index contributed by atoms with van der Waals surface area (Å²) in [6, 6.07) is 13.1. The number of anilines is 1. The fourth-order valence-corrected chi connectivity index (χ4v) is 2.09. The molecule has 3 N–H and O–H groups in total. The summed E-state index contributed by atoms with van der Waals surface area (Å²) in [4.78, 5) is 25.9. The molecule has 0 atom stereocenters. The van der Waals surface area contributed by atoms with Crippen molar-refractivity contribution in [2.75, 3.05) is 5.32 Å². The van der Waals surface area contributed by atoms with Crippen LogP contribution in [-0.4, -0.2) is 22.3 Å². The van der Waals surface area contributed by atoms with Gasteiger partial charge in [0, 0.05) is 22.2 Å². The Hall–Kier alpha value is -3.08. The van der Waals surface area contributed by atoms with Gasteiger partial charge in [-0.25, -0.2) is 0 Å². The van der Waals surface area contributed by atoms with Crippen molar-refractivity contribution in [2.45, 2.75) is 0 Å². The van der Waals surface area contributed by atoms with Crippen LogP contribution in [0.1, 0.15) is 20.8 Å². The normalized spacial score (nSPS) is 10.5. The summed E-state index contributed by atoms with van der Waals surface area (Å²) >= 11 is 0. The lowest BCUT2D eigenvalue weighted by molar-refractivity contribution is 0.102. The number of rotatable bonds is 3. The van der Waals surface area contributed by atoms with Gasteiger partial charge in [0.15, 0.2) is 0 Å². The average Bonchev–Trinajstić information content (AvgIpc) is 2.92. The molecule has 0 aliphatic rings. The molecule has 0 unspecified atom stereocenters. The standard InChI is InChI=1S/C16H12N2O3/c19-9-10-1-6-14-11(7-10)8-15(18-14)16(21)17-12-2-4-13(20)5-3-12/h1-9,18,20H,(H,17,21). The monoisotopic (exact) mass is 280 g/mol. The zero-order valence-corrected chi connectivity index (χ0v) is 11.0. The molecule has 5 nitrogen and oxygen atoms in total. The minimum Gasteiger partial charge on any atom is -0.508 e. The number of H-pyrrole nitrogens is 1.